The quantitative estimate of drug-likeness (QED) is 0.547. The molecule has 0 amide bonds. The second kappa shape index (κ2) is 3.88. The van der Waals surface area contributed by atoms with Crippen LogP contribution in [0.3, 0.4) is 0 Å². The molecule has 1 fully saturated rings. The SMILES string of the molecule is CC(C)(C)C1CCC(C#N)C(Cl)C1. The van der Waals surface area contributed by atoms with Gasteiger partial charge in [-0.05, 0) is 30.6 Å². The Bertz CT molecular complexity index is 211. The maximum atomic E-state index is 8.82. The first-order valence-corrected chi connectivity index (χ1v) is 5.42. The third-order valence-corrected chi connectivity index (χ3v) is 3.65. The topological polar surface area (TPSA) is 23.8 Å². The number of nitriles is 1. The van der Waals surface area contributed by atoms with Crippen LogP contribution in [0.25, 0.3) is 0 Å². The molecule has 0 N–H and O–H groups in total. The van der Waals surface area contributed by atoms with E-state index >= 15 is 0 Å². The van der Waals surface area contributed by atoms with Gasteiger partial charge in [0.05, 0.1) is 12.0 Å². The Hall–Kier alpha value is -0.220. The van der Waals surface area contributed by atoms with Crippen LogP contribution < -0.4 is 0 Å². The highest BCUT2D eigenvalue weighted by molar-refractivity contribution is 6.21. The average Bonchev–Trinajstić information content (AvgIpc) is 2.02. The first-order chi connectivity index (χ1) is 5.95. The number of alkyl halides is 1. The molecular weight excluding hydrogens is 182 g/mol. The highest BCUT2D eigenvalue weighted by Crippen LogP contribution is 2.41. The summed E-state index contributed by atoms with van der Waals surface area (Å²) in [5.74, 6) is 0.764. The summed E-state index contributed by atoms with van der Waals surface area (Å²) in [6, 6.07) is 2.29. The van der Waals surface area contributed by atoms with E-state index < -0.39 is 0 Å². The standard InChI is InChI=1S/C11H18ClN/c1-11(2,3)9-5-4-8(7-13)10(12)6-9/h8-10H,4-6H2,1-3H3. The van der Waals surface area contributed by atoms with Gasteiger partial charge in [0, 0.05) is 5.38 Å². The van der Waals surface area contributed by atoms with Crippen molar-refractivity contribution < 1.29 is 0 Å². The first kappa shape index (κ1) is 10.9. The fourth-order valence-electron chi connectivity index (χ4n) is 2.05. The minimum atomic E-state index is 0.0722. The van der Waals surface area contributed by atoms with Crippen molar-refractivity contribution in [3.63, 3.8) is 0 Å². The summed E-state index contributed by atoms with van der Waals surface area (Å²) < 4.78 is 0. The van der Waals surface area contributed by atoms with E-state index in [-0.39, 0.29) is 11.3 Å². The molecule has 3 unspecified atom stereocenters. The molecule has 0 aromatic rings. The van der Waals surface area contributed by atoms with Crippen molar-refractivity contribution in [1.29, 1.82) is 5.26 Å². The van der Waals surface area contributed by atoms with Crippen LogP contribution >= 0.6 is 11.6 Å². The van der Waals surface area contributed by atoms with Crippen LogP contribution in [0.2, 0.25) is 0 Å². The van der Waals surface area contributed by atoms with E-state index in [4.69, 9.17) is 16.9 Å². The largest absolute Gasteiger partial charge is 0.198 e. The van der Waals surface area contributed by atoms with E-state index in [0.717, 1.165) is 19.3 Å². The Morgan fingerprint density at radius 2 is 1.92 bits per heavy atom. The number of nitrogens with zero attached hydrogens (tertiary/aromatic N) is 1. The molecule has 2 heteroatoms. The van der Waals surface area contributed by atoms with E-state index in [0.29, 0.717) is 11.3 Å². The molecule has 0 aliphatic heterocycles. The maximum Gasteiger partial charge on any atom is 0.0671 e. The predicted molar refractivity (Wildman–Crippen MR) is 55.5 cm³/mol. The van der Waals surface area contributed by atoms with E-state index in [1.165, 1.54) is 0 Å². The second-order valence-corrected chi connectivity index (χ2v) is 5.69. The Morgan fingerprint density at radius 1 is 1.31 bits per heavy atom. The van der Waals surface area contributed by atoms with Crippen molar-refractivity contribution in [3.8, 4) is 6.07 Å². The smallest absolute Gasteiger partial charge is 0.0671 e. The van der Waals surface area contributed by atoms with Gasteiger partial charge in [0.1, 0.15) is 0 Å². The van der Waals surface area contributed by atoms with Gasteiger partial charge in [0.2, 0.25) is 0 Å². The molecule has 0 bridgehead atoms. The van der Waals surface area contributed by atoms with Crippen molar-refractivity contribution in [3.05, 3.63) is 0 Å². The lowest BCUT2D eigenvalue weighted by Gasteiger charge is -2.37. The van der Waals surface area contributed by atoms with Gasteiger partial charge in [-0.15, -0.1) is 11.6 Å². The van der Waals surface area contributed by atoms with E-state index in [1.54, 1.807) is 0 Å². The Morgan fingerprint density at radius 3 is 2.31 bits per heavy atom. The summed E-state index contributed by atoms with van der Waals surface area (Å²) in [6.45, 7) is 6.77. The molecule has 1 rings (SSSR count). The molecule has 74 valence electrons. The van der Waals surface area contributed by atoms with E-state index in [9.17, 15) is 0 Å². The van der Waals surface area contributed by atoms with Gasteiger partial charge in [-0.25, -0.2) is 0 Å². The minimum absolute atomic E-state index is 0.0722. The molecular formula is C11H18ClN. The predicted octanol–water partition coefficient (Wildman–Crippen LogP) is 3.58. The van der Waals surface area contributed by atoms with Gasteiger partial charge in [-0.2, -0.15) is 5.26 Å². The molecule has 0 aromatic heterocycles. The molecule has 0 spiro atoms. The molecule has 3 atom stereocenters. The number of hydrogen-bond acceptors (Lipinski definition) is 1. The highest BCUT2D eigenvalue weighted by Gasteiger charge is 2.34. The number of rotatable bonds is 0. The van der Waals surface area contributed by atoms with Crippen LogP contribution in [0.5, 0.6) is 0 Å². The number of halogens is 1. The monoisotopic (exact) mass is 199 g/mol. The molecule has 13 heavy (non-hydrogen) atoms. The van der Waals surface area contributed by atoms with Gasteiger partial charge in [-0.1, -0.05) is 20.8 Å². The van der Waals surface area contributed by atoms with E-state index in [1.807, 2.05) is 0 Å². The second-order valence-electron chi connectivity index (χ2n) is 5.13. The van der Waals surface area contributed by atoms with Gasteiger partial charge in [0.25, 0.3) is 0 Å². The van der Waals surface area contributed by atoms with Crippen molar-refractivity contribution >= 4 is 11.6 Å². The molecule has 1 saturated carbocycles. The zero-order valence-electron chi connectivity index (χ0n) is 8.68. The zero-order chi connectivity index (χ0) is 10.1. The lowest BCUT2D eigenvalue weighted by atomic mass is 9.70. The van der Waals surface area contributed by atoms with Crippen LogP contribution in [0.15, 0.2) is 0 Å². The van der Waals surface area contributed by atoms with Crippen LogP contribution in [-0.4, -0.2) is 5.38 Å². The van der Waals surface area contributed by atoms with Crippen LogP contribution in [0.1, 0.15) is 40.0 Å². The summed E-state index contributed by atoms with van der Waals surface area (Å²) >= 11 is 6.16. The molecule has 0 saturated heterocycles. The lowest BCUT2D eigenvalue weighted by molar-refractivity contribution is 0.167. The Balaban J connectivity index is 2.57. The maximum absolute atomic E-state index is 8.82. The zero-order valence-corrected chi connectivity index (χ0v) is 9.43. The molecule has 0 radical (unpaired) electrons. The molecule has 1 nitrogen and oxygen atoms in total. The fraction of sp³-hybridized carbons (Fsp3) is 0.909. The van der Waals surface area contributed by atoms with Gasteiger partial charge >= 0.3 is 0 Å². The van der Waals surface area contributed by atoms with Crippen molar-refractivity contribution in [2.45, 2.75) is 45.4 Å². The van der Waals surface area contributed by atoms with Crippen molar-refractivity contribution in [2.75, 3.05) is 0 Å². The van der Waals surface area contributed by atoms with Crippen LogP contribution in [0, 0.1) is 28.6 Å². The Labute approximate surface area is 86.1 Å². The van der Waals surface area contributed by atoms with Gasteiger partial charge in [-0.3, -0.25) is 0 Å². The fourth-order valence-corrected chi connectivity index (χ4v) is 2.44. The third kappa shape index (κ3) is 2.61. The Kier molecular flexibility index (Phi) is 3.24. The van der Waals surface area contributed by atoms with Crippen LogP contribution in [0.4, 0.5) is 0 Å². The third-order valence-electron chi connectivity index (χ3n) is 3.16. The molecule has 0 heterocycles. The van der Waals surface area contributed by atoms with Crippen molar-refractivity contribution in [1.82, 2.24) is 0 Å². The highest BCUT2D eigenvalue weighted by atomic mass is 35.5. The molecule has 1 aliphatic rings. The van der Waals surface area contributed by atoms with Gasteiger partial charge < -0.3 is 0 Å². The van der Waals surface area contributed by atoms with Gasteiger partial charge in [0.15, 0.2) is 0 Å². The molecule has 1 aliphatic carbocycles. The average molecular weight is 200 g/mol. The summed E-state index contributed by atoms with van der Waals surface area (Å²) in [7, 11) is 0. The summed E-state index contributed by atoms with van der Waals surface area (Å²) in [6.07, 6.45) is 3.14. The summed E-state index contributed by atoms with van der Waals surface area (Å²) in [4.78, 5) is 0. The number of hydrogen-bond donors (Lipinski definition) is 0. The van der Waals surface area contributed by atoms with E-state index in [2.05, 4.69) is 26.8 Å². The summed E-state index contributed by atoms with van der Waals surface area (Å²) in [5.41, 5.74) is 0.341. The lowest BCUT2D eigenvalue weighted by Crippen LogP contribution is -2.31. The van der Waals surface area contributed by atoms with Crippen LogP contribution in [-0.2, 0) is 0 Å². The normalized spacial score (nSPS) is 35.5. The minimum Gasteiger partial charge on any atom is -0.198 e. The summed E-state index contributed by atoms with van der Waals surface area (Å²) in [5, 5.41) is 8.89. The van der Waals surface area contributed by atoms with Crippen molar-refractivity contribution in [2.24, 2.45) is 17.3 Å². The molecule has 0 aromatic carbocycles. The first-order valence-electron chi connectivity index (χ1n) is 4.99.